The van der Waals surface area contributed by atoms with Gasteiger partial charge in [0, 0.05) is 24.6 Å². The summed E-state index contributed by atoms with van der Waals surface area (Å²) in [7, 11) is 1.35. The van der Waals surface area contributed by atoms with Gasteiger partial charge in [-0.25, -0.2) is 4.39 Å². The average molecular weight is 236 g/mol. The van der Waals surface area contributed by atoms with E-state index in [1.165, 1.54) is 7.11 Å². The van der Waals surface area contributed by atoms with Crippen molar-refractivity contribution in [2.45, 2.75) is 5.92 Å². The van der Waals surface area contributed by atoms with Crippen LogP contribution in [0.15, 0.2) is 12.1 Å². The number of ether oxygens (including phenoxy) is 1. The van der Waals surface area contributed by atoms with Crippen LogP contribution >= 0.6 is 12.4 Å². The van der Waals surface area contributed by atoms with Gasteiger partial charge >= 0.3 is 0 Å². The minimum Gasteiger partial charge on any atom is -0.493 e. The fourth-order valence-electron chi connectivity index (χ4n) is 1.58. The van der Waals surface area contributed by atoms with E-state index < -0.39 is 11.6 Å². The van der Waals surface area contributed by atoms with Crippen LogP contribution in [0.4, 0.5) is 8.78 Å². The molecule has 15 heavy (non-hydrogen) atoms. The number of hydrogen-bond acceptors (Lipinski definition) is 2. The summed E-state index contributed by atoms with van der Waals surface area (Å²) in [5.41, 5.74) is 0.741. The van der Waals surface area contributed by atoms with Crippen molar-refractivity contribution in [2.24, 2.45) is 0 Å². The number of halogens is 3. The third-order valence-electron chi connectivity index (χ3n) is 2.51. The maximum atomic E-state index is 13.3. The molecule has 1 aromatic rings. The Kier molecular flexibility index (Phi) is 3.88. The summed E-state index contributed by atoms with van der Waals surface area (Å²) >= 11 is 0. The van der Waals surface area contributed by atoms with Crippen LogP contribution in [0.1, 0.15) is 11.5 Å². The molecular weight excluding hydrogens is 224 g/mol. The fraction of sp³-hybridized carbons (Fsp3) is 0.400. The molecule has 2 nitrogen and oxygen atoms in total. The lowest BCUT2D eigenvalue weighted by Crippen LogP contribution is -2.40. The zero-order valence-corrected chi connectivity index (χ0v) is 9.04. The van der Waals surface area contributed by atoms with Gasteiger partial charge in [-0.05, 0) is 6.07 Å². The van der Waals surface area contributed by atoms with Gasteiger partial charge in [0.2, 0.25) is 5.82 Å². The summed E-state index contributed by atoms with van der Waals surface area (Å²) in [5.74, 6) is -1.48. The zero-order valence-electron chi connectivity index (χ0n) is 8.22. The van der Waals surface area contributed by atoms with E-state index >= 15 is 0 Å². The van der Waals surface area contributed by atoms with Crippen molar-refractivity contribution < 1.29 is 13.5 Å². The Hall–Kier alpha value is -0.870. The van der Waals surface area contributed by atoms with E-state index in [4.69, 9.17) is 4.74 Å². The van der Waals surface area contributed by atoms with Gasteiger partial charge in [-0.15, -0.1) is 12.4 Å². The lowest BCUT2D eigenvalue weighted by Gasteiger charge is -2.28. The minimum atomic E-state index is -0.892. The van der Waals surface area contributed by atoms with E-state index in [-0.39, 0.29) is 24.1 Å². The van der Waals surface area contributed by atoms with Crippen LogP contribution in [0.2, 0.25) is 0 Å². The summed E-state index contributed by atoms with van der Waals surface area (Å²) in [6.45, 7) is 1.59. The first-order chi connectivity index (χ1) is 6.74. The van der Waals surface area contributed by atoms with Crippen LogP contribution in [0.25, 0.3) is 0 Å². The van der Waals surface area contributed by atoms with Gasteiger partial charge in [0.1, 0.15) is 0 Å². The third kappa shape index (κ3) is 2.06. The van der Waals surface area contributed by atoms with Gasteiger partial charge in [-0.1, -0.05) is 6.07 Å². The molecule has 1 aliphatic heterocycles. The van der Waals surface area contributed by atoms with Gasteiger partial charge in [0.05, 0.1) is 7.11 Å². The predicted molar refractivity (Wildman–Crippen MR) is 55.8 cm³/mol. The molecule has 0 atom stereocenters. The Morgan fingerprint density at radius 1 is 1.33 bits per heavy atom. The van der Waals surface area contributed by atoms with Crippen LogP contribution in [-0.2, 0) is 0 Å². The van der Waals surface area contributed by atoms with Crippen molar-refractivity contribution in [3.63, 3.8) is 0 Å². The highest BCUT2D eigenvalue weighted by molar-refractivity contribution is 5.85. The molecule has 0 aromatic heterocycles. The van der Waals surface area contributed by atoms with Gasteiger partial charge in [-0.3, -0.25) is 0 Å². The Morgan fingerprint density at radius 3 is 2.47 bits per heavy atom. The number of methoxy groups -OCH3 is 1. The highest BCUT2D eigenvalue weighted by Crippen LogP contribution is 2.32. The maximum Gasteiger partial charge on any atom is 0.200 e. The first kappa shape index (κ1) is 12.2. The number of nitrogens with one attached hydrogen (secondary N) is 1. The standard InChI is InChI=1S/C10H11F2NO.ClH/c1-14-10-7(6-4-13-5-6)2-3-8(11)9(10)12;/h2-3,6,13H,4-5H2,1H3;1H. The summed E-state index contributed by atoms with van der Waals surface area (Å²) in [4.78, 5) is 0. The smallest absolute Gasteiger partial charge is 0.200 e. The molecule has 0 amide bonds. The fourth-order valence-corrected chi connectivity index (χ4v) is 1.58. The van der Waals surface area contributed by atoms with Crippen molar-refractivity contribution in [3.8, 4) is 5.75 Å². The van der Waals surface area contributed by atoms with E-state index in [0.29, 0.717) is 0 Å². The first-order valence-electron chi connectivity index (χ1n) is 4.46. The zero-order chi connectivity index (χ0) is 10.1. The molecule has 0 bridgehead atoms. The molecule has 84 valence electrons. The molecule has 1 aliphatic rings. The Bertz CT molecular complexity index is 356. The van der Waals surface area contributed by atoms with Crippen LogP contribution in [0.3, 0.4) is 0 Å². The van der Waals surface area contributed by atoms with Crippen molar-refractivity contribution in [1.82, 2.24) is 5.32 Å². The van der Waals surface area contributed by atoms with Crippen LogP contribution < -0.4 is 10.1 Å². The largest absolute Gasteiger partial charge is 0.493 e. The highest BCUT2D eigenvalue weighted by Gasteiger charge is 2.25. The van der Waals surface area contributed by atoms with E-state index in [9.17, 15) is 8.78 Å². The molecule has 1 aromatic carbocycles. The molecule has 1 N–H and O–H groups in total. The summed E-state index contributed by atoms with van der Waals surface area (Å²) in [6, 6.07) is 2.73. The monoisotopic (exact) mass is 235 g/mol. The minimum absolute atomic E-state index is 0. The predicted octanol–water partition coefficient (Wildman–Crippen LogP) is 2.08. The molecule has 5 heteroatoms. The second-order valence-corrected chi connectivity index (χ2v) is 3.34. The van der Waals surface area contributed by atoms with Gasteiger partial charge in [0.15, 0.2) is 11.6 Å². The highest BCUT2D eigenvalue weighted by atomic mass is 35.5. The second-order valence-electron chi connectivity index (χ2n) is 3.34. The van der Waals surface area contributed by atoms with Crippen molar-refractivity contribution in [1.29, 1.82) is 0 Å². The van der Waals surface area contributed by atoms with E-state index in [2.05, 4.69) is 5.32 Å². The third-order valence-corrected chi connectivity index (χ3v) is 2.51. The Balaban J connectivity index is 0.00000112. The first-order valence-corrected chi connectivity index (χ1v) is 4.46. The molecular formula is C10H12ClF2NO. The SMILES string of the molecule is COc1c(C2CNC2)ccc(F)c1F.Cl. The molecule has 1 fully saturated rings. The van der Waals surface area contributed by atoms with Crippen LogP contribution in [-0.4, -0.2) is 20.2 Å². The number of benzene rings is 1. The van der Waals surface area contributed by atoms with Crippen LogP contribution in [0, 0.1) is 11.6 Å². The summed E-state index contributed by atoms with van der Waals surface area (Å²) in [6.07, 6.45) is 0. The van der Waals surface area contributed by atoms with Crippen molar-refractivity contribution in [2.75, 3.05) is 20.2 Å². The van der Waals surface area contributed by atoms with Gasteiger partial charge < -0.3 is 10.1 Å². The van der Waals surface area contributed by atoms with Crippen LogP contribution in [0.5, 0.6) is 5.75 Å². The quantitative estimate of drug-likeness (QED) is 0.848. The number of rotatable bonds is 2. The normalized spacial score (nSPS) is 15.4. The molecule has 1 heterocycles. The number of hydrogen-bond donors (Lipinski definition) is 1. The molecule has 0 aliphatic carbocycles. The Morgan fingerprint density at radius 2 is 2.00 bits per heavy atom. The Labute approximate surface area is 93.0 Å². The molecule has 0 saturated carbocycles. The topological polar surface area (TPSA) is 21.3 Å². The van der Waals surface area contributed by atoms with E-state index in [1.54, 1.807) is 6.07 Å². The lowest BCUT2D eigenvalue weighted by molar-refractivity contribution is 0.351. The van der Waals surface area contributed by atoms with Gasteiger partial charge in [0.25, 0.3) is 0 Å². The molecule has 2 rings (SSSR count). The molecule has 0 unspecified atom stereocenters. The lowest BCUT2D eigenvalue weighted by atomic mass is 9.93. The van der Waals surface area contributed by atoms with Crippen molar-refractivity contribution >= 4 is 12.4 Å². The molecule has 1 saturated heterocycles. The summed E-state index contributed by atoms with van der Waals surface area (Å²) in [5, 5.41) is 3.07. The maximum absolute atomic E-state index is 13.3. The average Bonchev–Trinajstić information content (AvgIpc) is 2.09. The summed E-state index contributed by atoms with van der Waals surface area (Å²) < 4.78 is 31.0. The van der Waals surface area contributed by atoms with E-state index in [1.807, 2.05) is 0 Å². The van der Waals surface area contributed by atoms with Gasteiger partial charge in [-0.2, -0.15) is 4.39 Å². The molecule has 0 radical (unpaired) electrons. The molecule has 0 spiro atoms. The van der Waals surface area contributed by atoms with E-state index in [0.717, 1.165) is 24.7 Å². The van der Waals surface area contributed by atoms with Crippen molar-refractivity contribution in [3.05, 3.63) is 29.3 Å². The second kappa shape index (κ2) is 4.77.